The van der Waals surface area contributed by atoms with E-state index in [0.717, 1.165) is 22.8 Å². The third-order valence-electron chi connectivity index (χ3n) is 5.43. The van der Waals surface area contributed by atoms with Gasteiger partial charge in [0, 0.05) is 43.4 Å². The number of benzene rings is 2. The Balaban J connectivity index is 1.31. The number of hydrogen-bond acceptors (Lipinski definition) is 6. The summed E-state index contributed by atoms with van der Waals surface area (Å²) in [4.78, 5) is 37.4. The van der Waals surface area contributed by atoms with Gasteiger partial charge in [-0.25, -0.2) is 9.97 Å². The highest BCUT2D eigenvalue weighted by molar-refractivity contribution is 5.96. The largest absolute Gasteiger partial charge is 0.497 e. The average molecular weight is 431 g/mol. The fourth-order valence-corrected chi connectivity index (χ4v) is 3.58. The van der Waals surface area contributed by atoms with E-state index in [1.54, 1.807) is 42.6 Å². The van der Waals surface area contributed by atoms with Crippen molar-refractivity contribution in [2.45, 2.75) is 0 Å². The van der Waals surface area contributed by atoms with Gasteiger partial charge in [0.2, 0.25) is 5.91 Å². The molecule has 1 N–H and O–H groups in total. The maximum absolute atomic E-state index is 12.5. The Kier molecular flexibility index (Phi) is 6.60. The lowest BCUT2D eigenvalue weighted by atomic mass is 10.1. The highest BCUT2D eigenvalue weighted by Gasteiger charge is 2.22. The lowest BCUT2D eigenvalue weighted by Crippen LogP contribution is -2.51. The molecule has 164 valence electrons. The van der Waals surface area contributed by atoms with Crippen LogP contribution >= 0.6 is 0 Å². The first-order valence-electron chi connectivity index (χ1n) is 10.5. The van der Waals surface area contributed by atoms with Gasteiger partial charge < -0.3 is 19.9 Å². The molecule has 1 aromatic heterocycles. The first kappa shape index (κ1) is 21.3. The predicted molar refractivity (Wildman–Crippen MR) is 122 cm³/mol. The van der Waals surface area contributed by atoms with Gasteiger partial charge in [0.15, 0.2) is 0 Å². The van der Waals surface area contributed by atoms with Crippen molar-refractivity contribution in [3.63, 3.8) is 0 Å². The molecule has 32 heavy (non-hydrogen) atoms. The van der Waals surface area contributed by atoms with Crippen molar-refractivity contribution in [3.05, 3.63) is 72.6 Å². The molecule has 1 saturated heterocycles. The van der Waals surface area contributed by atoms with Gasteiger partial charge in [-0.3, -0.25) is 9.59 Å². The molecule has 0 aliphatic carbocycles. The van der Waals surface area contributed by atoms with Crippen LogP contribution in [0, 0.1) is 0 Å². The van der Waals surface area contributed by atoms with Crippen molar-refractivity contribution in [1.29, 1.82) is 0 Å². The van der Waals surface area contributed by atoms with Gasteiger partial charge in [-0.2, -0.15) is 0 Å². The summed E-state index contributed by atoms with van der Waals surface area (Å²) in [6.45, 7) is 2.46. The molecule has 1 aliphatic rings. The van der Waals surface area contributed by atoms with Crippen LogP contribution in [0.15, 0.2) is 67.0 Å². The number of hydrogen-bond donors (Lipinski definition) is 1. The van der Waals surface area contributed by atoms with Crippen LogP contribution < -0.4 is 15.0 Å². The third kappa shape index (κ3) is 5.03. The van der Waals surface area contributed by atoms with Gasteiger partial charge in [-0.15, -0.1) is 0 Å². The molecule has 2 heterocycles. The lowest BCUT2D eigenvalue weighted by Gasteiger charge is -2.35. The van der Waals surface area contributed by atoms with Gasteiger partial charge in [-0.05, 0) is 36.4 Å². The van der Waals surface area contributed by atoms with Crippen LogP contribution in [0.4, 0.5) is 5.82 Å². The Morgan fingerprint density at radius 2 is 1.69 bits per heavy atom. The second-order valence-corrected chi connectivity index (χ2v) is 7.41. The second-order valence-electron chi connectivity index (χ2n) is 7.41. The number of methoxy groups -OCH3 is 1. The quantitative estimate of drug-likeness (QED) is 0.644. The minimum absolute atomic E-state index is 0.0111. The van der Waals surface area contributed by atoms with Gasteiger partial charge in [-0.1, -0.05) is 18.2 Å². The van der Waals surface area contributed by atoms with E-state index >= 15 is 0 Å². The molecular formula is C24H25N5O3. The van der Waals surface area contributed by atoms with Gasteiger partial charge in [0.05, 0.1) is 19.3 Å². The van der Waals surface area contributed by atoms with E-state index in [9.17, 15) is 9.59 Å². The Labute approximate surface area is 186 Å². The molecule has 0 saturated carbocycles. The van der Waals surface area contributed by atoms with E-state index < -0.39 is 0 Å². The van der Waals surface area contributed by atoms with Gasteiger partial charge in [0.1, 0.15) is 17.9 Å². The van der Waals surface area contributed by atoms with Crippen molar-refractivity contribution in [2.75, 3.05) is 44.7 Å². The van der Waals surface area contributed by atoms with Crippen LogP contribution in [0.1, 0.15) is 10.4 Å². The van der Waals surface area contributed by atoms with Crippen LogP contribution in [-0.2, 0) is 4.79 Å². The Morgan fingerprint density at radius 3 is 2.38 bits per heavy atom. The minimum Gasteiger partial charge on any atom is -0.497 e. The van der Waals surface area contributed by atoms with Crippen molar-refractivity contribution in [3.8, 4) is 17.0 Å². The van der Waals surface area contributed by atoms with Crippen LogP contribution in [0.5, 0.6) is 5.75 Å². The van der Waals surface area contributed by atoms with Crippen molar-refractivity contribution in [1.82, 2.24) is 20.2 Å². The SMILES string of the molecule is COc1ccc(-c2cc(N3CCN(C(=O)CNC(=O)c4ccccc4)CC3)ncn2)cc1. The molecule has 0 atom stereocenters. The molecule has 4 rings (SSSR count). The number of rotatable bonds is 6. The summed E-state index contributed by atoms with van der Waals surface area (Å²) < 4.78 is 5.21. The standard InChI is InChI=1S/C24H25N5O3/c1-32-20-9-7-18(8-10-20)21-15-22(27-17-26-21)28-11-13-29(14-12-28)23(30)16-25-24(31)19-5-3-2-4-6-19/h2-10,15,17H,11-14,16H2,1H3,(H,25,31). The molecule has 0 spiro atoms. The number of ether oxygens (including phenoxy) is 1. The number of anilines is 1. The van der Waals surface area contributed by atoms with Crippen LogP contribution in [0.2, 0.25) is 0 Å². The highest BCUT2D eigenvalue weighted by atomic mass is 16.5. The summed E-state index contributed by atoms with van der Waals surface area (Å²) in [6.07, 6.45) is 1.56. The molecule has 0 bridgehead atoms. The number of nitrogens with one attached hydrogen (secondary N) is 1. The zero-order chi connectivity index (χ0) is 22.3. The fourth-order valence-electron chi connectivity index (χ4n) is 3.58. The molecule has 8 nitrogen and oxygen atoms in total. The Hall–Kier alpha value is -3.94. The summed E-state index contributed by atoms with van der Waals surface area (Å²) in [5.74, 6) is 1.29. The smallest absolute Gasteiger partial charge is 0.251 e. The van der Waals surface area contributed by atoms with Crippen LogP contribution in [0.3, 0.4) is 0 Å². The normalized spacial score (nSPS) is 13.5. The first-order chi connectivity index (χ1) is 15.6. The molecule has 3 aromatic rings. The van der Waals surface area contributed by atoms with Crippen LogP contribution in [0.25, 0.3) is 11.3 Å². The zero-order valence-electron chi connectivity index (χ0n) is 17.9. The number of nitrogens with zero attached hydrogens (tertiary/aromatic N) is 4. The monoisotopic (exact) mass is 431 g/mol. The van der Waals surface area contributed by atoms with E-state index in [4.69, 9.17) is 4.74 Å². The fraction of sp³-hybridized carbons (Fsp3) is 0.250. The van der Waals surface area contributed by atoms with Gasteiger partial charge in [0.25, 0.3) is 5.91 Å². The number of piperazine rings is 1. The summed E-state index contributed by atoms with van der Waals surface area (Å²) >= 11 is 0. The van der Waals surface area contributed by atoms with Gasteiger partial charge >= 0.3 is 0 Å². The topological polar surface area (TPSA) is 87.7 Å². The van der Waals surface area contributed by atoms with E-state index in [-0.39, 0.29) is 18.4 Å². The lowest BCUT2D eigenvalue weighted by molar-refractivity contribution is -0.130. The zero-order valence-corrected chi connectivity index (χ0v) is 17.9. The van der Waals surface area contributed by atoms with E-state index in [1.807, 2.05) is 36.4 Å². The molecule has 0 radical (unpaired) electrons. The predicted octanol–water partition coefficient (Wildman–Crippen LogP) is 2.23. The molecule has 0 unspecified atom stereocenters. The second kappa shape index (κ2) is 9.91. The van der Waals surface area contributed by atoms with Crippen LogP contribution in [-0.4, -0.2) is 66.5 Å². The maximum Gasteiger partial charge on any atom is 0.251 e. The number of amides is 2. The summed E-state index contributed by atoms with van der Waals surface area (Å²) in [5.41, 5.74) is 2.36. The summed E-state index contributed by atoms with van der Waals surface area (Å²) in [7, 11) is 1.64. The first-order valence-corrected chi connectivity index (χ1v) is 10.5. The van der Waals surface area contributed by atoms with E-state index in [0.29, 0.717) is 31.7 Å². The summed E-state index contributed by atoms with van der Waals surface area (Å²) in [6, 6.07) is 18.6. The molecule has 1 aliphatic heterocycles. The minimum atomic E-state index is -0.246. The third-order valence-corrected chi connectivity index (χ3v) is 5.43. The highest BCUT2D eigenvalue weighted by Crippen LogP contribution is 2.23. The number of aromatic nitrogens is 2. The van der Waals surface area contributed by atoms with Crippen molar-refractivity contribution in [2.24, 2.45) is 0 Å². The Morgan fingerprint density at radius 1 is 0.969 bits per heavy atom. The van der Waals surface area contributed by atoms with Crippen molar-refractivity contribution < 1.29 is 14.3 Å². The molecule has 2 aromatic carbocycles. The summed E-state index contributed by atoms with van der Waals surface area (Å²) in [5, 5.41) is 2.70. The molecule has 2 amide bonds. The van der Waals surface area contributed by atoms with E-state index in [2.05, 4.69) is 20.2 Å². The Bertz CT molecular complexity index is 1060. The van der Waals surface area contributed by atoms with E-state index in [1.165, 1.54) is 0 Å². The average Bonchev–Trinajstić information content (AvgIpc) is 2.88. The van der Waals surface area contributed by atoms with Crippen molar-refractivity contribution >= 4 is 17.6 Å². The molecule has 8 heteroatoms. The molecule has 1 fully saturated rings. The number of carbonyl (C=O) groups excluding carboxylic acids is 2. The number of carbonyl (C=O) groups is 2. The maximum atomic E-state index is 12.5. The molecular weight excluding hydrogens is 406 g/mol.